The van der Waals surface area contributed by atoms with Gasteiger partial charge in [0.05, 0.1) is 11.3 Å². The van der Waals surface area contributed by atoms with E-state index in [-0.39, 0.29) is 12.1 Å². The van der Waals surface area contributed by atoms with Gasteiger partial charge in [-0.05, 0) is 28.8 Å². The molecule has 0 bridgehead atoms. The monoisotopic (exact) mass is 257 g/mol. The van der Waals surface area contributed by atoms with E-state index < -0.39 is 10.9 Å². The molecule has 0 amide bonds. The summed E-state index contributed by atoms with van der Waals surface area (Å²) in [6, 6.07) is 13.3. The van der Waals surface area contributed by atoms with Crippen LogP contribution in [-0.4, -0.2) is 16.0 Å². The Labute approximate surface area is 109 Å². The van der Waals surface area contributed by atoms with Crippen LogP contribution in [0.25, 0.3) is 11.1 Å². The van der Waals surface area contributed by atoms with E-state index in [1.54, 1.807) is 30.3 Å². The Morgan fingerprint density at radius 2 is 1.79 bits per heavy atom. The molecule has 0 saturated carbocycles. The number of nitro benzene ring substituents is 1. The van der Waals surface area contributed by atoms with Crippen LogP contribution in [0.2, 0.25) is 0 Å². The number of nitro groups is 1. The van der Waals surface area contributed by atoms with Crippen molar-refractivity contribution in [2.24, 2.45) is 0 Å². The maximum absolute atomic E-state index is 10.7. The van der Waals surface area contributed by atoms with Gasteiger partial charge in [-0.2, -0.15) is 0 Å². The van der Waals surface area contributed by atoms with Crippen molar-refractivity contribution >= 4 is 11.7 Å². The molecule has 1 N–H and O–H groups in total. The van der Waals surface area contributed by atoms with Crippen LogP contribution in [0, 0.1) is 10.1 Å². The van der Waals surface area contributed by atoms with Crippen molar-refractivity contribution in [3.8, 4) is 11.1 Å². The quantitative estimate of drug-likeness (QED) is 0.674. The number of aliphatic carboxylic acids is 1. The van der Waals surface area contributed by atoms with E-state index in [0.29, 0.717) is 5.56 Å². The van der Waals surface area contributed by atoms with Gasteiger partial charge in [-0.25, -0.2) is 0 Å². The van der Waals surface area contributed by atoms with Gasteiger partial charge in [0.25, 0.3) is 5.69 Å². The van der Waals surface area contributed by atoms with Crippen molar-refractivity contribution in [3.05, 3.63) is 64.2 Å². The summed E-state index contributed by atoms with van der Waals surface area (Å²) in [4.78, 5) is 20.8. The Kier molecular flexibility index (Phi) is 3.56. The maximum Gasteiger partial charge on any atom is 0.307 e. The molecule has 5 nitrogen and oxygen atoms in total. The molecular formula is C14H11NO4. The molecule has 0 heterocycles. The molecule has 0 spiro atoms. The highest BCUT2D eigenvalue weighted by Crippen LogP contribution is 2.23. The summed E-state index contributed by atoms with van der Waals surface area (Å²) in [7, 11) is 0. The average molecular weight is 257 g/mol. The number of carbonyl (C=O) groups is 1. The predicted octanol–water partition coefficient (Wildman–Crippen LogP) is 2.89. The Bertz CT molecular complexity index is 620. The highest BCUT2D eigenvalue weighted by atomic mass is 16.6. The molecular weight excluding hydrogens is 246 g/mol. The molecule has 96 valence electrons. The van der Waals surface area contributed by atoms with Crippen LogP contribution in [0.4, 0.5) is 5.69 Å². The van der Waals surface area contributed by atoms with E-state index in [9.17, 15) is 14.9 Å². The predicted molar refractivity (Wildman–Crippen MR) is 69.9 cm³/mol. The Morgan fingerprint density at radius 3 is 2.37 bits per heavy atom. The lowest BCUT2D eigenvalue weighted by Gasteiger charge is -2.04. The molecule has 0 aliphatic carbocycles. The van der Waals surface area contributed by atoms with E-state index in [2.05, 4.69) is 0 Å². The van der Waals surface area contributed by atoms with Gasteiger partial charge in [0.15, 0.2) is 0 Å². The van der Waals surface area contributed by atoms with E-state index in [1.807, 2.05) is 6.07 Å². The molecule has 0 fully saturated rings. The first-order valence-corrected chi connectivity index (χ1v) is 5.62. The van der Waals surface area contributed by atoms with Crippen LogP contribution in [0.1, 0.15) is 5.56 Å². The first-order valence-electron chi connectivity index (χ1n) is 5.62. The first-order chi connectivity index (χ1) is 9.06. The minimum Gasteiger partial charge on any atom is -0.481 e. The lowest BCUT2D eigenvalue weighted by atomic mass is 10.0. The smallest absolute Gasteiger partial charge is 0.307 e. The fraction of sp³-hybridized carbons (Fsp3) is 0.0714. The third-order valence-electron chi connectivity index (χ3n) is 2.69. The highest BCUT2D eigenvalue weighted by molar-refractivity contribution is 5.72. The van der Waals surface area contributed by atoms with Crippen LogP contribution in [0.3, 0.4) is 0 Å². The first kappa shape index (κ1) is 12.8. The van der Waals surface area contributed by atoms with Crippen molar-refractivity contribution in [1.29, 1.82) is 0 Å². The van der Waals surface area contributed by atoms with E-state index in [4.69, 9.17) is 5.11 Å². The summed E-state index contributed by atoms with van der Waals surface area (Å²) in [5.41, 5.74) is 2.39. The van der Waals surface area contributed by atoms with E-state index in [0.717, 1.165) is 11.1 Å². The molecule has 0 aliphatic heterocycles. The van der Waals surface area contributed by atoms with Gasteiger partial charge in [-0.3, -0.25) is 14.9 Å². The number of nitrogens with zero attached hydrogens (tertiary/aromatic N) is 1. The van der Waals surface area contributed by atoms with Gasteiger partial charge < -0.3 is 5.11 Å². The van der Waals surface area contributed by atoms with Crippen molar-refractivity contribution in [3.63, 3.8) is 0 Å². The molecule has 0 aromatic heterocycles. The second kappa shape index (κ2) is 5.30. The Balaban J connectivity index is 2.30. The molecule has 0 atom stereocenters. The van der Waals surface area contributed by atoms with E-state index in [1.165, 1.54) is 12.1 Å². The zero-order valence-corrected chi connectivity index (χ0v) is 9.95. The van der Waals surface area contributed by atoms with Crippen LogP contribution >= 0.6 is 0 Å². The van der Waals surface area contributed by atoms with Gasteiger partial charge in [-0.1, -0.05) is 24.3 Å². The lowest BCUT2D eigenvalue weighted by molar-refractivity contribution is -0.384. The number of hydrogen-bond acceptors (Lipinski definition) is 3. The number of non-ortho nitro benzene ring substituents is 1. The largest absolute Gasteiger partial charge is 0.481 e. The van der Waals surface area contributed by atoms with Crippen LogP contribution in [-0.2, 0) is 11.2 Å². The van der Waals surface area contributed by atoms with Crippen LogP contribution in [0.5, 0.6) is 0 Å². The van der Waals surface area contributed by atoms with Crippen LogP contribution in [0.15, 0.2) is 48.5 Å². The fourth-order valence-corrected chi connectivity index (χ4v) is 1.81. The molecule has 2 aromatic carbocycles. The summed E-state index contributed by atoms with van der Waals surface area (Å²) in [6.07, 6.45) is -0.0409. The third-order valence-corrected chi connectivity index (χ3v) is 2.69. The number of rotatable bonds is 4. The normalized spacial score (nSPS) is 10.1. The maximum atomic E-state index is 10.7. The number of hydrogen-bond donors (Lipinski definition) is 1. The number of carboxylic acids is 1. The molecule has 0 saturated heterocycles. The topological polar surface area (TPSA) is 80.4 Å². The van der Waals surface area contributed by atoms with Crippen molar-refractivity contribution < 1.29 is 14.8 Å². The summed E-state index contributed by atoms with van der Waals surface area (Å²) in [5.74, 6) is -0.888. The summed E-state index contributed by atoms with van der Waals surface area (Å²) < 4.78 is 0. The van der Waals surface area contributed by atoms with Gasteiger partial charge in [0.1, 0.15) is 0 Å². The second-order valence-electron chi connectivity index (χ2n) is 4.07. The molecule has 0 unspecified atom stereocenters. The Morgan fingerprint density at radius 1 is 1.11 bits per heavy atom. The van der Waals surface area contributed by atoms with Gasteiger partial charge >= 0.3 is 5.97 Å². The Hall–Kier alpha value is -2.69. The lowest BCUT2D eigenvalue weighted by Crippen LogP contribution is -1.99. The molecule has 19 heavy (non-hydrogen) atoms. The SMILES string of the molecule is O=C(O)Cc1cccc(-c2ccc([N+](=O)[O-])cc2)c1. The standard InChI is InChI=1S/C14H11NO4/c16-14(17)9-10-2-1-3-12(8-10)11-4-6-13(7-5-11)15(18)19/h1-8H,9H2,(H,16,17). The third kappa shape index (κ3) is 3.16. The van der Waals surface area contributed by atoms with Gasteiger partial charge in [0, 0.05) is 12.1 Å². The zero-order valence-electron chi connectivity index (χ0n) is 9.95. The number of benzene rings is 2. The molecule has 2 rings (SSSR count). The minimum absolute atomic E-state index is 0.0328. The minimum atomic E-state index is -0.888. The molecule has 0 aliphatic rings. The average Bonchev–Trinajstić information content (AvgIpc) is 2.38. The molecule has 0 radical (unpaired) electrons. The highest BCUT2D eigenvalue weighted by Gasteiger charge is 2.06. The zero-order chi connectivity index (χ0) is 13.8. The molecule has 5 heteroatoms. The summed E-state index contributed by atoms with van der Waals surface area (Å²) in [5, 5.41) is 19.3. The van der Waals surface area contributed by atoms with Gasteiger partial charge in [0.2, 0.25) is 0 Å². The van der Waals surface area contributed by atoms with Gasteiger partial charge in [-0.15, -0.1) is 0 Å². The summed E-state index contributed by atoms with van der Waals surface area (Å²) in [6.45, 7) is 0. The van der Waals surface area contributed by atoms with E-state index >= 15 is 0 Å². The van der Waals surface area contributed by atoms with Crippen molar-refractivity contribution in [2.45, 2.75) is 6.42 Å². The van der Waals surface area contributed by atoms with Crippen molar-refractivity contribution in [2.75, 3.05) is 0 Å². The van der Waals surface area contributed by atoms with Crippen molar-refractivity contribution in [1.82, 2.24) is 0 Å². The second-order valence-corrected chi connectivity index (χ2v) is 4.07. The summed E-state index contributed by atoms with van der Waals surface area (Å²) >= 11 is 0. The fourth-order valence-electron chi connectivity index (χ4n) is 1.81. The van der Waals surface area contributed by atoms with Crippen LogP contribution < -0.4 is 0 Å². The number of carboxylic acid groups (broad SMARTS) is 1. The molecule has 2 aromatic rings.